The fourth-order valence-electron chi connectivity index (χ4n) is 2.81. The number of rotatable bonds is 8. The standard InChI is InChI=1S/C20H18Cl2N4O5/c21-12-5-2-7-14(18(12)22)31-9-3-8-15(27)23-10-16(28)24-13-6-1-4-11-17(13)20(30)26-25-19(11)29/h1-2,4-7H,3,8-10H2,(H,23,27)(H,24,28)(H,25,29)(H,26,30). The number of hydrogen-bond donors (Lipinski definition) is 4. The van der Waals surface area contributed by atoms with Crippen molar-refractivity contribution in [1.29, 1.82) is 0 Å². The maximum atomic E-state index is 12.2. The summed E-state index contributed by atoms with van der Waals surface area (Å²) in [7, 11) is 0. The van der Waals surface area contributed by atoms with E-state index in [-0.39, 0.29) is 41.9 Å². The van der Waals surface area contributed by atoms with Crippen molar-refractivity contribution < 1.29 is 14.3 Å². The molecule has 0 saturated heterocycles. The second kappa shape index (κ2) is 10.1. The van der Waals surface area contributed by atoms with Crippen molar-refractivity contribution in [2.45, 2.75) is 12.8 Å². The Balaban J connectivity index is 1.47. The number of halogens is 2. The van der Waals surface area contributed by atoms with Crippen molar-refractivity contribution in [3.63, 3.8) is 0 Å². The summed E-state index contributed by atoms with van der Waals surface area (Å²) in [6.45, 7) is -0.0513. The molecule has 0 spiro atoms. The number of hydrogen-bond acceptors (Lipinski definition) is 5. The van der Waals surface area contributed by atoms with Gasteiger partial charge in [0.05, 0.1) is 34.6 Å². The number of nitrogens with one attached hydrogen (secondary N) is 4. The largest absolute Gasteiger partial charge is 0.492 e. The molecular formula is C20H18Cl2N4O5. The normalized spacial score (nSPS) is 10.6. The average molecular weight is 465 g/mol. The molecule has 31 heavy (non-hydrogen) atoms. The highest BCUT2D eigenvalue weighted by Gasteiger charge is 2.12. The predicted molar refractivity (Wildman–Crippen MR) is 118 cm³/mol. The zero-order valence-electron chi connectivity index (χ0n) is 16.1. The van der Waals surface area contributed by atoms with Gasteiger partial charge in [-0.1, -0.05) is 35.3 Å². The van der Waals surface area contributed by atoms with Crippen LogP contribution in [0, 0.1) is 0 Å². The van der Waals surface area contributed by atoms with E-state index in [0.717, 1.165) is 0 Å². The highest BCUT2D eigenvalue weighted by Crippen LogP contribution is 2.31. The zero-order valence-corrected chi connectivity index (χ0v) is 17.6. The molecule has 1 aromatic heterocycles. The molecule has 3 rings (SSSR count). The van der Waals surface area contributed by atoms with Crippen LogP contribution in [-0.4, -0.2) is 35.2 Å². The van der Waals surface area contributed by atoms with E-state index < -0.39 is 17.0 Å². The van der Waals surface area contributed by atoms with E-state index in [9.17, 15) is 19.2 Å². The van der Waals surface area contributed by atoms with Gasteiger partial charge in [0.1, 0.15) is 10.8 Å². The molecule has 0 saturated carbocycles. The number of aromatic nitrogens is 2. The first-order valence-electron chi connectivity index (χ1n) is 9.24. The van der Waals surface area contributed by atoms with E-state index in [2.05, 4.69) is 20.8 Å². The Morgan fingerprint density at radius 2 is 1.71 bits per heavy atom. The third-order valence-corrected chi connectivity index (χ3v) is 5.07. The van der Waals surface area contributed by atoms with Crippen molar-refractivity contribution >= 4 is 51.5 Å². The topological polar surface area (TPSA) is 133 Å². The summed E-state index contributed by atoms with van der Waals surface area (Å²) in [5, 5.41) is 10.3. The Hall–Kier alpha value is -3.30. The summed E-state index contributed by atoms with van der Waals surface area (Å²) in [4.78, 5) is 47.9. The minimum absolute atomic E-state index is 0.0581. The minimum Gasteiger partial charge on any atom is -0.492 e. The number of amides is 2. The van der Waals surface area contributed by atoms with Gasteiger partial charge in [0.15, 0.2) is 0 Å². The number of benzene rings is 2. The summed E-state index contributed by atoms with van der Waals surface area (Å²) >= 11 is 11.9. The van der Waals surface area contributed by atoms with Gasteiger partial charge in [-0.05, 0) is 30.7 Å². The molecule has 11 heteroatoms. The van der Waals surface area contributed by atoms with Gasteiger partial charge >= 0.3 is 0 Å². The fraction of sp³-hybridized carbons (Fsp3) is 0.200. The molecule has 0 fully saturated rings. The summed E-state index contributed by atoms with van der Waals surface area (Å²) in [6.07, 6.45) is 0.534. The highest BCUT2D eigenvalue weighted by atomic mass is 35.5. The van der Waals surface area contributed by atoms with Crippen LogP contribution in [0.1, 0.15) is 12.8 Å². The van der Waals surface area contributed by atoms with Crippen molar-refractivity contribution in [3.05, 3.63) is 67.2 Å². The molecule has 2 amide bonds. The van der Waals surface area contributed by atoms with Gasteiger partial charge in [-0.2, -0.15) is 0 Å². The Morgan fingerprint density at radius 1 is 0.968 bits per heavy atom. The third-order valence-electron chi connectivity index (χ3n) is 4.27. The lowest BCUT2D eigenvalue weighted by atomic mass is 10.1. The van der Waals surface area contributed by atoms with E-state index in [1.54, 1.807) is 18.2 Å². The third kappa shape index (κ3) is 5.65. The monoisotopic (exact) mass is 464 g/mol. The van der Waals surface area contributed by atoms with Gasteiger partial charge < -0.3 is 15.4 Å². The van der Waals surface area contributed by atoms with Crippen LogP contribution in [0.2, 0.25) is 10.0 Å². The molecule has 0 radical (unpaired) electrons. The molecule has 9 nitrogen and oxygen atoms in total. The first kappa shape index (κ1) is 22.4. The number of fused-ring (bicyclic) bond motifs is 1. The Bertz CT molecular complexity index is 1240. The minimum atomic E-state index is -0.547. The lowest BCUT2D eigenvalue weighted by Gasteiger charge is -2.10. The lowest BCUT2D eigenvalue weighted by Crippen LogP contribution is -2.33. The first-order chi connectivity index (χ1) is 14.9. The van der Waals surface area contributed by atoms with Crippen molar-refractivity contribution in [3.8, 4) is 5.75 Å². The molecular weight excluding hydrogens is 447 g/mol. The number of anilines is 1. The Kier molecular flexibility index (Phi) is 7.32. The van der Waals surface area contributed by atoms with E-state index >= 15 is 0 Å². The molecule has 0 aliphatic rings. The van der Waals surface area contributed by atoms with Gasteiger partial charge in [-0.15, -0.1) is 0 Å². The summed E-state index contributed by atoms with van der Waals surface area (Å²) < 4.78 is 5.50. The molecule has 1 heterocycles. The number of ether oxygens (including phenoxy) is 1. The molecule has 162 valence electrons. The predicted octanol–water partition coefficient (Wildman–Crippen LogP) is 2.44. The van der Waals surface area contributed by atoms with E-state index in [1.807, 2.05) is 0 Å². The van der Waals surface area contributed by atoms with Crippen LogP contribution in [0.25, 0.3) is 10.8 Å². The maximum absolute atomic E-state index is 12.2. The average Bonchev–Trinajstić information content (AvgIpc) is 2.75. The van der Waals surface area contributed by atoms with Crippen LogP contribution in [0.3, 0.4) is 0 Å². The van der Waals surface area contributed by atoms with Crippen molar-refractivity contribution in [1.82, 2.24) is 15.5 Å². The van der Waals surface area contributed by atoms with Gasteiger partial charge in [0.2, 0.25) is 11.8 Å². The second-order valence-corrected chi connectivity index (χ2v) is 7.25. The van der Waals surface area contributed by atoms with Crippen LogP contribution in [0.15, 0.2) is 46.0 Å². The summed E-state index contributed by atoms with van der Waals surface area (Å²) in [5.74, 6) is -0.455. The van der Waals surface area contributed by atoms with Crippen molar-refractivity contribution in [2.75, 3.05) is 18.5 Å². The molecule has 0 unspecified atom stereocenters. The van der Waals surface area contributed by atoms with Crippen molar-refractivity contribution in [2.24, 2.45) is 0 Å². The molecule has 0 aliphatic carbocycles. The fourth-order valence-corrected chi connectivity index (χ4v) is 3.15. The van der Waals surface area contributed by atoms with Gasteiger partial charge in [0.25, 0.3) is 11.1 Å². The van der Waals surface area contributed by atoms with E-state index in [0.29, 0.717) is 22.2 Å². The zero-order chi connectivity index (χ0) is 22.4. The summed E-state index contributed by atoms with van der Waals surface area (Å²) in [6, 6.07) is 9.52. The number of H-pyrrole nitrogens is 2. The van der Waals surface area contributed by atoms with Crippen LogP contribution in [-0.2, 0) is 9.59 Å². The van der Waals surface area contributed by atoms with E-state index in [1.165, 1.54) is 18.2 Å². The first-order valence-corrected chi connectivity index (χ1v) is 9.99. The van der Waals surface area contributed by atoms with Gasteiger partial charge in [0, 0.05) is 6.42 Å². The maximum Gasteiger partial charge on any atom is 0.272 e. The molecule has 4 N–H and O–H groups in total. The quantitative estimate of drug-likeness (QED) is 0.380. The van der Waals surface area contributed by atoms with Crippen LogP contribution in [0.5, 0.6) is 5.75 Å². The smallest absolute Gasteiger partial charge is 0.272 e. The molecule has 3 aromatic rings. The Labute approximate surface area is 185 Å². The number of carbonyl (C=O) groups is 2. The number of aromatic amines is 2. The highest BCUT2D eigenvalue weighted by molar-refractivity contribution is 6.42. The molecule has 2 aromatic carbocycles. The van der Waals surface area contributed by atoms with Crippen LogP contribution in [0.4, 0.5) is 5.69 Å². The molecule has 0 atom stereocenters. The summed E-state index contributed by atoms with van der Waals surface area (Å²) in [5.41, 5.74) is -0.856. The molecule has 0 bridgehead atoms. The van der Waals surface area contributed by atoms with E-state index in [4.69, 9.17) is 27.9 Å². The number of carbonyl (C=O) groups excluding carboxylic acids is 2. The van der Waals surface area contributed by atoms with Crippen LogP contribution >= 0.6 is 23.2 Å². The van der Waals surface area contributed by atoms with Gasteiger partial charge in [-0.3, -0.25) is 29.4 Å². The van der Waals surface area contributed by atoms with Gasteiger partial charge in [-0.25, -0.2) is 0 Å². The second-order valence-electron chi connectivity index (χ2n) is 6.47. The lowest BCUT2D eigenvalue weighted by molar-refractivity contribution is -0.124. The SMILES string of the molecule is O=C(CCCOc1cccc(Cl)c1Cl)NCC(=O)Nc1cccc2c(=O)[nH][nH]c(=O)c12. The molecule has 0 aliphatic heterocycles. The Morgan fingerprint density at radius 3 is 2.52 bits per heavy atom. The van der Waals surface area contributed by atoms with Crippen LogP contribution < -0.4 is 26.5 Å².